The number of amides is 1. The molecule has 3 rings (SSSR count). The molecule has 2 heterocycles. The fourth-order valence-electron chi connectivity index (χ4n) is 1.90. The molecule has 1 amide bonds. The van der Waals surface area contributed by atoms with Crippen molar-refractivity contribution in [2.45, 2.75) is 5.03 Å². The van der Waals surface area contributed by atoms with Gasteiger partial charge in [0, 0.05) is 18.0 Å². The van der Waals surface area contributed by atoms with E-state index in [1.165, 1.54) is 11.8 Å². The third kappa shape index (κ3) is 2.42. The number of benzene rings is 1. The van der Waals surface area contributed by atoms with Crippen molar-refractivity contribution in [1.29, 1.82) is 0 Å². The number of carbonyl (C=O) groups excluding carboxylic acids is 1. The molecule has 5 nitrogen and oxygen atoms in total. The van der Waals surface area contributed by atoms with Crippen molar-refractivity contribution in [3.8, 4) is 11.5 Å². The molecule has 2 aromatic rings. The molecule has 0 atom stereocenters. The topological polar surface area (TPSA) is 60.5 Å². The monoisotopic (exact) mass is 288 g/mol. The van der Waals surface area contributed by atoms with E-state index in [2.05, 4.69) is 10.3 Å². The first-order chi connectivity index (χ1) is 9.78. The first kappa shape index (κ1) is 12.8. The Hall–Kier alpha value is -2.21. The van der Waals surface area contributed by atoms with E-state index in [0.717, 1.165) is 0 Å². The van der Waals surface area contributed by atoms with Gasteiger partial charge < -0.3 is 14.8 Å². The summed E-state index contributed by atoms with van der Waals surface area (Å²) in [5, 5.41) is 3.53. The molecular formula is C14H12N2O3S. The van der Waals surface area contributed by atoms with Crippen molar-refractivity contribution in [1.82, 2.24) is 4.98 Å². The summed E-state index contributed by atoms with van der Waals surface area (Å²) in [5.74, 6) is 1.13. The van der Waals surface area contributed by atoms with Crippen molar-refractivity contribution in [2.24, 2.45) is 0 Å². The highest BCUT2D eigenvalue weighted by Gasteiger charge is 2.16. The van der Waals surface area contributed by atoms with E-state index in [-0.39, 0.29) is 12.7 Å². The molecule has 0 fully saturated rings. The van der Waals surface area contributed by atoms with E-state index in [4.69, 9.17) is 9.47 Å². The van der Waals surface area contributed by atoms with E-state index in [0.29, 0.717) is 27.8 Å². The van der Waals surface area contributed by atoms with Crippen molar-refractivity contribution < 1.29 is 14.3 Å². The lowest BCUT2D eigenvalue weighted by Crippen LogP contribution is -2.13. The largest absolute Gasteiger partial charge is 0.454 e. The number of nitrogens with one attached hydrogen (secondary N) is 1. The zero-order valence-corrected chi connectivity index (χ0v) is 11.6. The van der Waals surface area contributed by atoms with Crippen LogP contribution in [0.2, 0.25) is 0 Å². The van der Waals surface area contributed by atoms with Gasteiger partial charge >= 0.3 is 0 Å². The van der Waals surface area contributed by atoms with Crippen LogP contribution < -0.4 is 14.8 Å². The summed E-state index contributed by atoms with van der Waals surface area (Å²) in [6.07, 6.45) is 3.56. The second-order valence-electron chi connectivity index (χ2n) is 4.08. The predicted molar refractivity (Wildman–Crippen MR) is 76.5 cm³/mol. The van der Waals surface area contributed by atoms with Crippen molar-refractivity contribution >= 4 is 23.4 Å². The summed E-state index contributed by atoms with van der Waals surface area (Å²) in [5.41, 5.74) is 1.22. The summed E-state index contributed by atoms with van der Waals surface area (Å²) in [4.78, 5) is 16.4. The van der Waals surface area contributed by atoms with Gasteiger partial charge in [-0.15, -0.1) is 11.8 Å². The van der Waals surface area contributed by atoms with E-state index >= 15 is 0 Å². The summed E-state index contributed by atoms with van der Waals surface area (Å²) >= 11 is 1.44. The number of fused-ring (bicyclic) bond motifs is 1. The molecule has 0 saturated carbocycles. The number of rotatable bonds is 3. The molecule has 0 bridgehead atoms. The molecule has 0 unspecified atom stereocenters. The molecule has 0 radical (unpaired) electrons. The highest BCUT2D eigenvalue weighted by atomic mass is 32.2. The van der Waals surface area contributed by atoms with E-state index in [1.807, 2.05) is 6.26 Å². The van der Waals surface area contributed by atoms with Crippen LogP contribution >= 0.6 is 11.8 Å². The molecule has 0 spiro atoms. The van der Waals surface area contributed by atoms with Crippen molar-refractivity contribution in [3.05, 3.63) is 42.1 Å². The summed E-state index contributed by atoms with van der Waals surface area (Å²) < 4.78 is 10.5. The van der Waals surface area contributed by atoms with Crippen LogP contribution in [0.15, 0.2) is 41.6 Å². The van der Waals surface area contributed by atoms with E-state index in [1.54, 1.807) is 36.5 Å². The molecule has 20 heavy (non-hydrogen) atoms. The maximum Gasteiger partial charge on any atom is 0.258 e. The standard InChI is InChI=1S/C14H12N2O3S/c1-20-14-10(3-2-6-15-14)13(17)16-9-4-5-11-12(7-9)19-8-18-11/h2-7H,8H2,1H3,(H,16,17). The number of pyridine rings is 1. The minimum atomic E-state index is -0.193. The van der Waals surface area contributed by atoms with Crippen molar-refractivity contribution in [3.63, 3.8) is 0 Å². The highest BCUT2D eigenvalue weighted by molar-refractivity contribution is 7.98. The number of anilines is 1. The number of hydrogen-bond acceptors (Lipinski definition) is 5. The lowest BCUT2D eigenvalue weighted by atomic mass is 10.2. The van der Waals surface area contributed by atoms with Crippen LogP contribution in [-0.4, -0.2) is 23.9 Å². The van der Waals surface area contributed by atoms with Crippen LogP contribution in [-0.2, 0) is 0 Å². The Morgan fingerprint density at radius 3 is 3.00 bits per heavy atom. The predicted octanol–water partition coefficient (Wildman–Crippen LogP) is 2.78. The summed E-state index contributed by atoms with van der Waals surface area (Å²) in [6, 6.07) is 8.79. The normalized spacial score (nSPS) is 12.2. The molecule has 1 aromatic heterocycles. The van der Waals surface area contributed by atoms with Gasteiger partial charge in [0.05, 0.1) is 5.56 Å². The van der Waals surface area contributed by atoms with Crippen LogP contribution in [0.25, 0.3) is 0 Å². The minimum absolute atomic E-state index is 0.193. The maximum absolute atomic E-state index is 12.3. The Balaban J connectivity index is 1.82. The SMILES string of the molecule is CSc1ncccc1C(=O)Nc1ccc2c(c1)OCO2. The Kier molecular flexibility index (Phi) is 3.47. The summed E-state index contributed by atoms with van der Waals surface area (Å²) in [7, 11) is 0. The molecule has 102 valence electrons. The van der Waals surface area contributed by atoms with Gasteiger partial charge in [-0.2, -0.15) is 0 Å². The van der Waals surface area contributed by atoms with Gasteiger partial charge in [0.2, 0.25) is 6.79 Å². The van der Waals surface area contributed by atoms with Gasteiger partial charge in [0.1, 0.15) is 5.03 Å². The highest BCUT2D eigenvalue weighted by Crippen LogP contribution is 2.34. The van der Waals surface area contributed by atoms with E-state index in [9.17, 15) is 4.79 Å². The van der Waals surface area contributed by atoms with Gasteiger partial charge in [-0.25, -0.2) is 4.98 Å². The second kappa shape index (κ2) is 5.42. The molecular weight excluding hydrogens is 276 g/mol. The van der Waals surface area contributed by atoms with Crippen LogP contribution in [0.4, 0.5) is 5.69 Å². The first-order valence-corrected chi connectivity index (χ1v) is 7.20. The third-order valence-corrected chi connectivity index (χ3v) is 3.55. The number of hydrogen-bond donors (Lipinski definition) is 1. The van der Waals surface area contributed by atoms with Crippen LogP contribution in [0, 0.1) is 0 Å². The average molecular weight is 288 g/mol. The summed E-state index contributed by atoms with van der Waals surface area (Å²) in [6.45, 7) is 0.214. The molecule has 6 heteroatoms. The average Bonchev–Trinajstić information content (AvgIpc) is 2.94. The van der Waals surface area contributed by atoms with Gasteiger partial charge in [-0.05, 0) is 30.5 Å². The quantitative estimate of drug-likeness (QED) is 0.880. The molecule has 1 N–H and O–H groups in total. The van der Waals surface area contributed by atoms with E-state index < -0.39 is 0 Å². The third-order valence-electron chi connectivity index (χ3n) is 2.84. The fraction of sp³-hybridized carbons (Fsp3) is 0.143. The Bertz CT molecular complexity index is 661. The lowest BCUT2D eigenvalue weighted by molar-refractivity contribution is 0.102. The number of aromatic nitrogens is 1. The van der Waals surface area contributed by atoms with Crippen LogP contribution in [0.3, 0.4) is 0 Å². The molecule has 1 aliphatic rings. The maximum atomic E-state index is 12.3. The Morgan fingerprint density at radius 1 is 1.30 bits per heavy atom. The van der Waals surface area contributed by atoms with Gasteiger partial charge in [0.15, 0.2) is 11.5 Å². The number of carbonyl (C=O) groups is 1. The van der Waals surface area contributed by atoms with Crippen LogP contribution in [0.1, 0.15) is 10.4 Å². The second-order valence-corrected chi connectivity index (χ2v) is 4.88. The number of thioether (sulfide) groups is 1. The van der Waals surface area contributed by atoms with Gasteiger partial charge in [-0.1, -0.05) is 0 Å². The molecule has 0 saturated heterocycles. The first-order valence-electron chi connectivity index (χ1n) is 5.98. The fourth-order valence-corrected chi connectivity index (χ4v) is 2.45. The minimum Gasteiger partial charge on any atom is -0.454 e. The zero-order chi connectivity index (χ0) is 13.9. The zero-order valence-electron chi connectivity index (χ0n) is 10.8. The van der Waals surface area contributed by atoms with Crippen LogP contribution in [0.5, 0.6) is 11.5 Å². The lowest BCUT2D eigenvalue weighted by Gasteiger charge is -2.08. The van der Waals surface area contributed by atoms with Gasteiger partial charge in [-0.3, -0.25) is 4.79 Å². The number of ether oxygens (including phenoxy) is 2. The molecule has 1 aliphatic heterocycles. The smallest absolute Gasteiger partial charge is 0.258 e. The molecule has 1 aromatic carbocycles. The van der Waals surface area contributed by atoms with Crippen molar-refractivity contribution in [2.75, 3.05) is 18.4 Å². The number of nitrogens with zero attached hydrogens (tertiary/aromatic N) is 1. The Labute approximate surface area is 120 Å². The Morgan fingerprint density at radius 2 is 2.15 bits per heavy atom. The molecule has 0 aliphatic carbocycles. The van der Waals surface area contributed by atoms with Gasteiger partial charge in [0.25, 0.3) is 5.91 Å².